The average molecular weight is 258 g/mol. The van der Waals surface area contributed by atoms with Crippen LogP contribution in [0.3, 0.4) is 0 Å². The van der Waals surface area contributed by atoms with Gasteiger partial charge in [-0.3, -0.25) is 4.98 Å². The fourth-order valence-corrected chi connectivity index (χ4v) is 2.57. The topological polar surface area (TPSA) is 45.2 Å². The van der Waals surface area contributed by atoms with E-state index < -0.39 is 0 Å². The molecule has 4 heteroatoms. The standard InChI is InChI=1S/C15H15FN2O/c16-10-8-12(13-5-3-7-17-13)15(18-9-10)11-4-1-2-6-14(11)19/h1-2,4,6,8-9,13,17,19H,3,5,7H2. The van der Waals surface area contributed by atoms with Crippen molar-refractivity contribution in [3.8, 4) is 17.0 Å². The summed E-state index contributed by atoms with van der Waals surface area (Å²) in [6.07, 6.45) is 3.23. The van der Waals surface area contributed by atoms with E-state index in [2.05, 4.69) is 10.3 Å². The quantitative estimate of drug-likeness (QED) is 0.870. The highest BCUT2D eigenvalue weighted by Crippen LogP contribution is 2.35. The van der Waals surface area contributed by atoms with Crippen LogP contribution in [0.15, 0.2) is 36.5 Å². The van der Waals surface area contributed by atoms with Gasteiger partial charge in [-0.05, 0) is 43.1 Å². The summed E-state index contributed by atoms with van der Waals surface area (Å²) in [7, 11) is 0. The number of hydrogen-bond acceptors (Lipinski definition) is 3. The summed E-state index contributed by atoms with van der Waals surface area (Å²) in [6, 6.07) is 8.64. The summed E-state index contributed by atoms with van der Waals surface area (Å²) in [5.41, 5.74) is 2.11. The Balaban J connectivity index is 2.13. The minimum atomic E-state index is -0.345. The van der Waals surface area contributed by atoms with Crippen LogP contribution in [0.4, 0.5) is 4.39 Å². The van der Waals surface area contributed by atoms with Gasteiger partial charge < -0.3 is 10.4 Å². The van der Waals surface area contributed by atoms with Crippen LogP contribution < -0.4 is 5.32 Å². The Kier molecular flexibility index (Phi) is 3.17. The SMILES string of the molecule is Oc1ccccc1-c1ncc(F)cc1C1CCCN1. The van der Waals surface area contributed by atoms with Crippen LogP contribution in [0.1, 0.15) is 24.4 Å². The van der Waals surface area contributed by atoms with E-state index >= 15 is 0 Å². The van der Waals surface area contributed by atoms with Gasteiger partial charge in [-0.1, -0.05) is 12.1 Å². The number of aromatic nitrogens is 1. The minimum Gasteiger partial charge on any atom is -0.507 e. The number of para-hydroxylation sites is 1. The lowest BCUT2D eigenvalue weighted by atomic mass is 9.98. The Labute approximate surface area is 111 Å². The molecule has 0 spiro atoms. The molecule has 0 bridgehead atoms. The fraction of sp³-hybridized carbons (Fsp3) is 0.267. The number of rotatable bonds is 2. The molecular formula is C15H15FN2O. The maximum absolute atomic E-state index is 13.5. The van der Waals surface area contributed by atoms with Crippen molar-refractivity contribution in [2.75, 3.05) is 6.54 Å². The van der Waals surface area contributed by atoms with E-state index in [1.54, 1.807) is 18.2 Å². The number of phenols is 1. The van der Waals surface area contributed by atoms with E-state index in [0.717, 1.165) is 24.9 Å². The number of hydrogen-bond donors (Lipinski definition) is 2. The second-order valence-electron chi connectivity index (χ2n) is 4.76. The van der Waals surface area contributed by atoms with Gasteiger partial charge >= 0.3 is 0 Å². The fourth-order valence-electron chi connectivity index (χ4n) is 2.57. The van der Waals surface area contributed by atoms with Crippen molar-refractivity contribution in [3.63, 3.8) is 0 Å². The van der Waals surface area contributed by atoms with Crippen LogP contribution in [0, 0.1) is 5.82 Å². The number of phenolic OH excluding ortho intramolecular Hbond substituents is 1. The molecule has 3 nitrogen and oxygen atoms in total. The average Bonchev–Trinajstić information content (AvgIpc) is 2.93. The zero-order valence-corrected chi connectivity index (χ0v) is 10.4. The summed E-state index contributed by atoms with van der Waals surface area (Å²) in [5, 5.41) is 13.3. The molecule has 2 heterocycles. The third-order valence-electron chi connectivity index (χ3n) is 3.48. The van der Waals surface area contributed by atoms with Gasteiger partial charge in [0.2, 0.25) is 0 Å². The van der Waals surface area contributed by atoms with Gasteiger partial charge in [0.05, 0.1) is 11.9 Å². The molecule has 98 valence electrons. The summed E-state index contributed by atoms with van der Waals surface area (Å²) in [6.45, 7) is 0.932. The van der Waals surface area contributed by atoms with Crippen LogP contribution >= 0.6 is 0 Å². The molecule has 0 amide bonds. The number of benzene rings is 1. The van der Waals surface area contributed by atoms with Gasteiger partial charge in [0.25, 0.3) is 0 Å². The minimum absolute atomic E-state index is 0.109. The van der Waals surface area contributed by atoms with Crippen LogP contribution in [0.25, 0.3) is 11.3 Å². The molecule has 0 aliphatic carbocycles. The van der Waals surface area contributed by atoms with E-state index in [9.17, 15) is 9.50 Å². The predicted molar refractivity (Wildman–Crippen MR) is 71.3 cm³/mol. The summed E-state index contributed by atoms with van der Waals surface area (Å²) in [5.74, 6) is -0.177. The molecule has 1 aliphatic heterocycles. The monoisotopic (exact) mass is 258 g/mol. The van der Waals surface area contributed by atoms with E-state index in [1.807, 2.05) is 6.07 Å². The maximum Gasteiger partial charge on any atom is 0.141 e. The van der Waals surface area contributed by atoms with Crippen LogP contribution in [-0.2, 0) is 0 Å². The molecule has 19 heavy (non-hydrogen) atoms. The van der Waals surface area contributed by atoms with Crippen molar-refractivity contribution in [2.24, 2.45) is 0 Å². The van der Waals surface area contributed by atoms with Gasteiger partial charge in [-0.15, -0.1) is 0 Å². The highest BCUT2D eigenvalue weighted by Gasteiger charge is 2.22. The molecule has 1 fully saturated rings. The highest BCUT2D eigenvalue weighted by atomic mass is 19.1. The van der Waals surface area contributed by atoms with E-state index in [1.165, 1.54) is 12.3 Å². The third kappa shape index (κ3) is 2.31. The number of halogens is 1. The first-order valence-corrected chi connectivity index (χ1v) is 6.43. The van der Waals surface area contributed by atoms with E-state index in [0.29, 0.717) is 11.3 Å². The summed E-state index contributed by atoms with van der Waals surface area (Å²) < 4.78 is 13.5. The molecule has 0 radical (unpaired) electrons. The lowest BCUT2D eigenvalue weighted by molar-refractivity contribution is 0.477. The van der Waals surface area contributed by atoms with Gasteiger partial charge in [0.1, 0.15) is 11.6 Å². The molecule has 2 N–H and O–H groups in total. The van der Waals surface area contributed by atoms with Crippen molar-refractivity contribution < 1.29 is 9.50 Å². The Morgan fingerprint density at radius 3 is 2.89 bits per heavy atom. The van der Waals surface area contributed by atoms with Crippen LogP contribution in [0.5, 0.6) is 5.75 Å². The van der Waals surface area contributed by atoms with Crippen molar-refractivity contribution in [1.29, 1.82) is 0 Å². The summed E-state index contributed by atoms with van der Waals surface area (Å²) >= 11 is 0. The normalized spacial score (nSPS) is 18.7. The summed E-state index contributed by atoms with van der Waals surface area (Å²) in [4.78, 5) is 4.18. The second-order valence-corrected chi connectivity index (χ2v) is 4.76. The van der Waals surface area contributed by atoms with Crippen LogP contribution in [0.2, 0.25) is 0 Å². The Hall–Kier alpha value is -1.94. The molecule has 3 rings (SSSR count). The van der Waals surface area contributed by atoms with Gasteiger partial charge in [0.15, 0.2) is 0 Å². The molecular weight excluding hydrogens is 243 g/mol. The van der Waals surface area contributed by atoms with Gasteiger partial charge in [-0.25, -0.2) is 4.39 Å². The smallest absolute Gasteiger partial charge is 0.141 e. The number of nitrogens with one attached hydrogen (secondary N) is 1. The lowest BCUT2D eigenvalue weighted by Crippen LogP contribution is -2.14. The largest absolute Gasteiger partial charge is 0.507 e. The first kappa shape index (κ1) is 12.1. The molecule has 1 aromatic heterocycles. The Morgan fingerprint density at radius 1 is 1.32 bits per heavy atom. The van der Waals surface area contributed by atoms with Gasteiger partial charge in [0, 0.05) is 11.6 Å². The number of aromatic hydroxyl groups is 1. The van der Waals surface area contributed by atoms with Crippen molar-refractivity contribution in [3.05, 3.63) is 47.9 Å². The molecule has 1 aliphatic rings. The zero-order chi connectivity index (χ0) is 13.2. The molecule has 1 atom stereocenters. The van der Waals surface area contributed by atoms with Crippen molar-refractivity contribution >= 4 is 0 Å². The van der Waals surface area contributed by atoms with E-state index in [-0.39, 0.29) is 17.6 Å². The third-order valence-corrected chi connectivity index (χ3v) is 3.48. The molecule has 0 saturated carbocycles. The predicted octanol–water partition coefficient (Wildman–Crippen LogP) is 3.02. The van der Waals surface area contributed by atoms with Gasteiger partial charge in [-0.2, -0.15) is 0 Å². The van der Waals surface area contributed by atoms with E-state index in [4.69, 9.17) is 0 Å². The zero-order valence-electron chi connectivity index (χ0n) is 10.4. The molecule has 2 aromatic rings. The molecule has 1 saturated heterocycles. The number of nitrogens with zero attached hydrogens (tertiary/aromatic N) is 1. The highest BCUT2D eigenvalue weighted by molar-refractivity contribution is 5.70. The maximum atomic E-state index is 13.5. The Bertz CT molecular complexity index is 594. The number of pyridine rings is 1. The molecule has 1 unspecified atom stereocenters. The first-order chi connectivity index (χ1) is 9.25. The molecule has 1 aromatic carbocycles. The Morgan fingerprint density at radius 2 is 2.16 bits per heavy atom. The lowest BCUT2D eigenvalue weighted by Gasteiger charge is -2.16. The van der Waals surface area contributed by atoms with Crippen molar-refractivity contribution in [1.82, 2.24) is 10.3 Å². The first-order valence-electron chi connectivity index (χ1n) is 6.43. The van der Waals surface area contributed by atoms with Crippen LogP contribution in [-0.4, -0.2) is 16.6 Å². The second kappa shape index (κ2) is 4.97. The van der Waals surface area contributed by atoms with Crippen molar-refractivity contribution in [2.45, 2.75) is 18.9 Å².